The Balaban J connectivity index is 1.67. The van der Waals surface area contributed by atoms with Crippen molar-refractivity contribution in [3.05, 3.63) is 77.7 Å². The predicted molar refractivity (Wildman–Crippen MR) is 119 cm³/mol. The van der Waals surface area contributed by atoms with Gasteiger partial charge in [-0.1, -0.05) is 30.3 Å². The number of allylic oxidation sites excluding steroid dienone is 1. The average Bonchev–Trinajstić information content (AvgIpc) is 3.09. The van der Waals surface area contributed by atoms with Gasteiger partial charge in [-0.25, -0.2) is 9.55 Å². The van der Waals surface area contributed by atoms with Crippen LogP contribution in [0.4, 0.5) is 5.82 Å². The molecule has 0 fully saturated rings. The number of nitrogens with zero attached hydrogens (tertiary/aromatic N) is 3. The number of rotatable bonds is 2. The molecule has 0 N–H and O–H groups in total. The molecule has 142 valence electrons. The summed E-state index contributed by atoms with van der Waals surface area (Å²) in [5.41, 5.74) is 7.73. The van der Waals surface area contributed by atoms with Crippen LogP contribution in [0.15, 0.2) is 71.0 Å². The lowest BCUT2D eigenvalue weighted by molar-refractivity contribution is -0.658. The summed E-state index contributed by atoms with van der Waals surface area (Å²) in [6.45, 7) is 6.59. The molecule has 0 saturated carbocycles. The van der Waals surface area contributed by atoms with E-state index in [1.807, 2.05) is 6.07 Å². The SMILES string of the molecule is CB1c2oc3ncccc3c2C=C(C)N1c1cc(-c2ccccc2)c(C)c[n+]1C. The molecule has 0 amide bonds. The first-order valence-electron chi connectivity index (χ1n) is 9.95. The van der Waals surface area contributed by atoms with Gasteiger partial charge in [-0.05, 0) is 55.6 Å². The number of aryl methyl sites for hydroxylation is 2. The van der Waals surface area contributed by atoms with Crippen molar-refractivity contribution < 1.29 is 8.98 Å². The Labute approximate surface area is 171 Å². The van der Waals surface area contributed by atoms with Crippen molar-refractivity contribution in [2.24, 2.45) is 7.05 Å². The second-order valence-corrected chi connectivity index (χ2v) is 7.77. The minimum atomic E-state index is 0.0710. The van der Waals surface area contributed by atoms with Crippen molar-refractivity contribution in [2.75, 3.05) is 4.81 Å². The topological polar surface area (TPSA) is 33.2 Å². The standard InChI is InChI=1S/C24H23BN3O/c1-16-15-27(4)22(14-20(16)18-9-6-5-7-10-18)28-17(2)13-21-19-11-8-12-26-24(19)29-23(21)25(28)3/h5-15H,1-4H3/q+1. The second-order valence-electron chi connectivity index (χ2n) is 7.77. The Morgan fingerprint density at radius 1 is 1.07 bits per heavy atom. The summed E-state index contributed by atoms with van der Waals surface area (Å²) in [4.78, 5) is 6.75. The molecule has 5 heteroatoms. The highest BCUT2D eigenvalue weighted by molar-refractivity contribution is 6.76. The molecule has 0 bridgehead atoms. The minimum Gasteiger partial charge on any atom is -0.447 e. The quantitative estimate of drug-likeness (QED) is 0.383. The summed E-state index contributed by atoms with van der Waals surface area (Å²) in [6.07, 6.45) is 6.20. The molecule has 0 saturated heterocycles. The van der Waals surface area contributed by atoms with E-state index < -0.39 is 0 Å². The van der Waals surface area contributed by atoms with Crippen LogP contribution in [0.5, 0.6) is 0 Å². The summed E-state index contributed by atoms with van der Waals surface area (Å²) >= 11 is 0. The van der Waals surface area contributed by atoms with Crippen LogP contribution >= 0.6 is 0 Å². The highest BCUT2D eigenvalue weighted by Gasteiger charge is 2.41. The van der Waals surface area contributed by atoms with Crippen LogP contribution < -0.4 is 15.0 Å². The molecular formula is C24H23BN3O+. The fraction of sp³-hybridized carbons (Fsp3) is 0.167. The summed E-state index contributed by atoms with van der Waals surface area (Å²) < 4.78 is 8.37. The fourth-order valence-corrected chi connectivity index (χ4v) is 4.45. The first kappa shape index (κ1) is 17.7. The van der Waals surface area contributed by atoms with Gasteiger partial charge in [0.25, 0.3) is 5.82 Å². The highest BCUT2D eigenvalue weighted by Crippen LogP contribution is 2.31. The third kappa shape index (κ3) is 2.77. The maximum atomic E-state index is 6.17. The first-order valence-corrected chi connectivity index (χ1v) is 9.95. The van der Waals surface area contributed by atoms with E-state index in [0.29, 0.717) is 5.71 Å². The second kappa shape index (κ2) is 6.62. The van der Waals surface area contributed by atoms with Crippen molar-refractivity contribution in [2.45, 2.75) is 20.7 Å². The first-order chi connectivity index (χ1) is 14.0. The van der Waals surface area contributed by atoms with Crippen LogP contribution in [0.25, 0.3) is 28.3 Å². The van der Waals surface area contributed by atoms with E-state index in [1.165, 1.54) is 22.4 Å². The summed E-state index contributed by atoms with van der Waals surface area (Å²) in [7, 11) is 2.10. The van der Waals surface area contributed by atoms with E-state index >= 15 is 0 Å². The largest absolute Gasteiger partial charge is 0.447 e. The van der Waals surface area contributed by atoms with E-state index in [-0.39, 0.29) is 6.85 Å². The number of anilines is 1. The molecule has 5 rings (SSSR count). The Bertz CT molecular complexity index is 1260. The molecule has 4 nitrogen and oxygen atoms in total. The lowest BCUT2D eigenvalue weighted by atomic mass is 9.57. The van der Waals surface area contributed by atoms with E-state index in [0.717, 1.165) is 22.4 Å². The molecule has 4 aromatic rings. The van der Waals surface area contributed by atoms with Gasteiger partial charge in [0.15, 0.2) is 0 Å². The van der Waals surface area contributed by atoms with Crippen molar-refractivity contribution in [1.29, 1.82) is 0 Å². The minimum absolute atomic E-state index is 0.0710. The molecule has 1 aromatic carbocycles. The van der Waals surface area contributed by atoms with Gasteiger partial charge >= 0.3 is 6.85 Å². The predicted octanol–water partition coefficient (Wildman–Crippen LogP) is 4.34. The Kier molecular flexibility index (Phi) is 4.05. The van der Waals surface area contributed by atoms with Gasteiger partial charge in [0.1, 0.15) is 5.66 Å². The normalized spacial score (nSPS) is 13.6. The van der Waals surface area contributed by atoms with E-state index in [9.17, 15) is 0 Å². The summed E-state index contributed by atoms with van der Waals surface area (Å²) in [6, 6.07) is 16.9. The van der Waals surface area contributed by atoms with Crippen LogP contribution in [0.1, 0.15) is 18.1 Å². The summed E-state index contributed by atoms with van der Waals surface area (Å²) in [5, 5.41) is 1.08. The van der Waals surface area contributed by atoms with E-state index in [1.54, 1.807) is 6.20 Å². The average molecular weight is 380 g/mol. The zero-order valence-electron chi connectivity index (χ0n) is 17.2. The van der Waals surface area contributed by atoms with E-state index in [2.05, 4.69) is 96.8 Å². The van der Waals surface area contributed by atoms with Gasteiger partial charge in [-0.15, -0.1) is 0 Å². The monoisotopic (exact) mass is 380 g/mol. The molecule has 29 heavy (non-hydrogen) atoms. The van der Waals surface area contributed by atoms with Crippen LogP contribution in [0.2, 0.25) is 6.82 Å². The van der Waals surface area contributed by atoms with Crippen molar-refractivity contribution >= 4 is 35.5 Å². The molecule has 0 spiro atoms. The third-order valence-electron chi connectivity index (χ3n) is 5.81. The zero-order valence-corrected chi connectivity index (χ0v) is 17.2. The molecule has 3 aromatic heterocycles. The maximum Gasteiger partial charge on any atom is 0.447 e. The molecule has 0 unspecified atom stereocenters. The van der Waals surface area contributed by atoms with Crippen LogP contribution in [-0.4, -0.2) is 11.8 Å². The van der Waals surface area contributed by atoms with Gasteiger partial charge in [0, 0.05) is 23.2 Å². The Hall–Kier alpha value is -3.34. The molecular weight excluding hydrogens is 357 g/mol. The Morgan fingerprint density at radius 3 is 2.66 bits per heavy atom. The molecule has 1 aliphatic rings. The van der Waals surface area contributed by atoms with Crippen molar-refractivity contribution in [1.82, 2.24) is 4.98 Å². The van der Waals surface area contributed by atoms with E-state index in [4.69, 9.17) is 4.42 Å². The molecule has 0 aliphatic carbocycles. The number of hydrogen-bond acceptors (Lipinski definition) is 3. The molecule has 4 heterocycles. The number of pyridine rings is 2. The van der Waals surface area contributed by atoms with Crippen LogP contribution in [0.3, 0.4) is 0 Å². The summed E-state index contributed by atoms with van der Waals surface area (Å²) in [5.74, 6) is 1.13. The maximum absolute atomic E-state index is 6.17. The highest BCUT2D eigenvalue weighted by atomic mass is 16.3. The van der Waals surface area contributed by atoms with Gasteiger partial charge < -0.3 is 4.42 Å². The van der Waals surface area contributed by atoms with Gasteiger partial charge in [-0.2, -0.15) is 0 Å². The number of fused-ring (bicyclic) bond motifs is 3. The van der Waals surface area contributed by atoms with Crippen molar-refractivity contribution in [3.63, 3.8) is 0 Å². The number of hydrogen-bond donors (Lipinski definition) is 0. The van der Waals surface area contributed by atoms with Gasteiger partial charge in [-0.3, -0.25) is 4.81 Å². The smallest absolute Gasteiger partial charge is 0.447 e. The fourth-order valence-electron chi connectivity index (χ4n) is 4.45. The lowest BCUT2D eigenvalue weighted by Crippen LogP contribution is -2.52. The van der Waals surface area contributed by atoms with Crippen LogP contribution in [0, 0.1) is 6.92 Å². The number of benzene rings is 1. The number of furan rings is 1. The molecule has 1 aliphatic heterocycles. The van der Waals surface area contributed by atoms with Gasteiger partial charge in [0.05, 0.1) is 18.9 Å². The third-order valence-corrected chi connectivity index (χ3v) is 5.81. The van der Waals surface area contributed by atoms with Crippen LogP contribution in [-0.2, 0) is 7.05 Å². The zero-order chi connectivity index (χ0) is 20.1. The Morgan fingerprint density at radius 2 is 1.86 bits per heavy atom. The molecule has 0 radical (unpaired) electrons. The molecule has 0 atom stereocenters. The van der Waals surface area contributed by atoms with Crippen molar-refractivity contribution in [3.8, 4) is 11.1 Å². The van der Waals surface area contributed by atoms with Gasteiger partial charge in [0.2, 0.25) is 5.71 Å². The lowest BCUT2D eigenvalue weighted by Gasteiger charge is -2.26. The number of aromatic nitrogens is 2.